The second-order valence-corrected chi connectivity index (χ2v) is 10.1. The summed E-state index contributed by atoms with van der Waals surface area (Å²) >= 11 is 0. The highest BCUT2D eigenvalue weighted by molar-refractivity contribution is 5.90. The molecule has 2 heterocycles. The Morgan fingerprint density at radius 2 is 1.66 bits per heavy atom. The summed E-state index contributed by atoms with van der Waals surface area (Å²) in [5, 5.41) is 5.05. The van der Waals surface area contributed by atoms with Crippen LogP contribution in [0.15, 0.2) is 24.3 Å². The number of rotatable bonds is 4. The molecule has 154 valence electrons. The third-order valence-corrected chi connectivity index (χ3v) is 8.24. The molecule has 1 aromatic heterocycles. The molecule has 4 bridgehead atoms. The zero-order valence-electron chi connectivity index (χ0n) is 17.4. The fourth-order valence-electron chi connectivity index (χ4n) is 7.15. The van der Waals surface area contributed by atoms with Crippen LogP contribution in [0.25, 0.3) is 10.9 Å². The number of fused-ring (bicyclic) bond motifs is 1. The molecule has 1 saturated heterocycles. The summed E-state index contributed by atoms with van der Waals surface area (Å²) in [5.41, 5.74) is 1.49. The van der Waals surface area contributed by atoms with Gasteiger partial charge >= 0.3 is 0 Å². The van der Waals surface area contributed by atoms with Crippen LogP contribution in [0.2, 0.25) is 0 Å². The van der Waals surface area contributed by atoms with Crippen molar-refractivity contribution in [3.63, 3.8) is 0 Å². The first-order valence-corrected chi connectivity index (χ1v) is 11.5. The highest BCUT2D eigenvalue weighted by Crippen LogP contribution is 2.61. The summed E-state index contributed by atoms with van der Waals surface area (Å²) in [6.07, 6.45) is 8.70. The van der Waals surface area contributed by atoms with E-state index in [0.29, 0.717) is 11.5 Å². The second kappa shape index (κ2) is 6.83. The third kappa shape index (κ3) is 3.09. The number of para-hydroxylation sites is 1. The van der Waals surface area contributed by atoms with Gasteiger partial charge in [0.25, 0.3) is 0 Å². The average molecular weight is 393 g/mol. The molecule has 4 saturated carbocycles. The maximum atomic E-state index is 5.53. The molecule has 29 heavy (non-hydrogen) atoms. The minimum atomic E-state index is 0.451. The van der Waals surface area contributed by atoms with Crippen LogP contribution in [-0.2, 0) is 4.74 Å². The average Bonchev–Trinajstić information content (AvgIpc) is 2.73. The molecule has 2 aromatic rings. The van der Waals surface area contributed by atoms with Crippen molar-refractivity contribution < 1.29 is 4.74 Å². The number of anilines is 2. The maximum Gasteiger partial charge on any atom is 0.228 e. The number of nitrogens with one attached hydrogen (secondary N) is 1. The Balaban J connectivity index is 1.33. The van der Waals surface area contributed by atoms with Crippen molar-refractivity contribution in [1.82, 2.24) is 9.97 Å². The zero-order valence-corrected chi connectivity index (χ0v) is 17.4. The molecule has 0 amide bonds. The molecule has 0 spiro atoms. The smallest absolute Gasteiger partial charge is 0.228 e. The summed E-state index contributed by atoms with van der Waals surface area (Å²) in [6, 6.07) is 8.90. The topological polar surface area (TPSA) is 50.3 Å². The number of nitrogens with zero attached hydrogens (tertiary/aromatic N) is 3. The van der Waals surface area contributed by atoms with Gasteiger partial charge in [0.1, 0.15) is 5.82 Å². The van der Waals surface area contributed by atoms with Gasteiger partial charge in [-0.15, -0.1) is 0 Å². The lowest BCUT2D eigenvalue weighted by Gasteiger charge is -2.59. The van der Waals surface area contributed by atoms with E-state index in [-0.39, 0.29) is 0 Å². The maximum absolute atomic E-state index is 5.53. The predicted molar refractivity (Wildman–Crippen MR) is 116 cm³/mol. The molecule has 5 heteroatoms. The van der Waals surface area contributed by atoms with Crippen molar-refractivity contribution in [2.75, 3.05) is 36.5 Å². The third-order valence-electron chi connectivity index (χ3n) is 8.24. The summed E-state index contributed by atoms with van der Waals surface area (Å²) < 4.78 is 5.53. The van der Waals surface area contributed by atoms with Crippen molar-refractivity contribution >= 4 is 22.7 Å². The standard InChI is InChI=1S/C24H32N4O/c1-16(24-13-17-10-18(14-24)12-19(11-17)15-24)25-22-20-4-2-3-5-21(20)26-23(27-22)28-6-8-29-9-7-28/h2-5,16-19H,6-15H2,1H3,(H,25,26,27). The van der Waals surface area contributed by atoms with E-state index in [0.717, 1.165) is 66.7 Å². The molecule has 1 unspecified atom stereocenters. The molecule has 1 atom stereocenters. The van der Waals surface area contributed by atoms with Crippen molar-refractivity contribution in [2.45, 2.75) is 51.5 Å². The van der Waals surface area contributed by atoms with Crippen molar-refractivity contribution in [3.05, 3.63) is 24.3 Å². The molecular formula is C24H32N4O. The van der Waals surface area contributed by atoms with Gasteiger partial charge in [-0.3, -0.25) is 0 Å². The van der Waals surface area contributed by atoms with E-state index in [1.165, 1.54) is 38.5 Å². The van der Waals surface area contributed by atoms with Crippen LogP contribution in [-0.4, -0.2) is 42.3 Å². The molecule has 4 aliphatic carbocycles. The number of morpholine rings is 1. The first-order chi connectivity index (χ1) is 14.2. The summed E-state index contributed by atoms with van der Waals surface area (Å²) in [7, 11) is 0. The van der Waals surface area contributed by atoms with E-state index in [2.05, 4.69) is 41.4 Å². The SMILES string of the molecule is CC(Nc1nc(N2CCOCC2)nc2ccccc12)C12CC3CC(CC(C3)C1)C2. The quantitative estimate of drug-likeness (QED) is 0.831. The largest absolute Gasteiger partial charge is 0.378 e. The van der Waals surface area contributed by atoms with Crippen LogP contribution >= 0.6 is 0 Å². The minimum absolute atomic E-state index is 0.451. The fourth-order valence-corrected chi connectivity index (χ4v) is 7.15. The normalized spacial score (nSPS) is 34.5. The van der Waals surface area contributed by atoms with Gasteiger partial charge in [-0.05, 0) is 80.8 Å². The van der Waals surface area contributed by atoms with Gasteiger partial charge in [0, 0.05) is 24.5 Å². The van der Waals surface area contributed by atoms with E-state index >= 15 is 0 Å². The zero-order chi connectivity index (χ0) is 19.4. The Hall–Kier alpha value is -1.88. The Kier molecular flexibility index (Phi) is 4.22. The summed E-state index contributed by atoms with van der Waals surface area (Å²) in [6.45, 7) is 5.65. The Bertz CT molecular complexity index is 872. The Morgan fingerprint density at radius 1 is 1.00 bits per heavy atom. The number of ether oxygens (including phenoxy) is 1. The highest BCUT2D eigenvalue weighted by atomic mass is 16.5. The van der Waals surface area contributed by atoms with E-state index in [4.69, 9.17) is 14.7 Å². The second-order valence-electron chi connectivity index (χ2n) is 10.1. The van der Waals surface area contributed by atoms with Crippen LogP contribution in [0.4, 0.5) is 11.8 Å². The van der Waals surface area contributed by atoms with E-state index in [1.807, 2.05) is 0 Å². The van der Waals surface area contributed by atoms with Crippen LogP contribution in [0.1, 0.15) is 45.4 Å². The molecule has 1 aromatic carbocycles. The molecular weight excluding hydrogens is 360 g/mol. The van der Waals surface area contributed by atoms with E-state index in [9.17, 15) is 0 Å². The van der Waals surface area contributed by atoms with Gasteiger partial charge in [0.15, 0.2) is 0 Å². The molecule has 1 aliphatic heterocycles. The van der Waals surface area contributed by atoms with Gasteiger partial charge in [0.2, 0.25) is 5.95 Å². The number of aromatic nitrogens is 2. The number of hydrogen-bond donors (Lipinski definition) is 1. The van der Waals surface area contributed by atoms with E-state index in [1.54, 1.807) is 0 Å². The van der Waals surface area contributed by atoms with Crippen molar-refractivity contribution in [2.24, 2.45) is 23.2 Å². The monoisotopic (exact) mass is 392 g/mol. The number of hydrogen-bond acceptors (Lipinski definition) is 5. The lowest BCUT2D eigenvalue weighted by molar-refractivity contribution is -0.0602. The molecule has 5 fully saturated rings. The van der Waals surface area contributed by atoms with Crippen molar-refractivity contribution in [1.29, 1.82) is 0 Å². The molecule has 5 nitrogen and oxygen atoms in total. The summed E-state index contributed by atoms with van der Waals surface area (Å²) in [5.74, 6) is 4.76. The number of benzene rings is 1. The first kappa shape index (κ1) is 17.9. The predicted octanol–water partition coefficient (Wildman–Crippen LogP) is 4.48. The van der Waals surface area contributed by atoms with Gasteiger partial charge in [-0.1, -0.05) is 12.1 Å². The van der Waals surface area contributed by atoms with Crippen LogP contribution < -0.4 is 10.2 Å². The summed E-state index contributed by atoms with van der Waals surface area (Å²) in [4.78, 5) is 12.2. The van der Waals surface area contributed by atoms with Crippen LogP contribution in [0.5, 0.6) is 0 Å². The fraction of sp³-hybridized carbons (Fsp3) is 0.667. The Morgan fingerprint density at radius 3 is 2.34 bits per heavy atom. The lowest BCUT2D eigenvalue weighted by Crippen LogP contribution is -2.53. The molecule has 0 radical (unpaired) electrons. The molecule has 1 N–H and O–H groups in total. The van der Waals surface area contributed by atoms with Crippen LogP contribution in [0.3, 0.4) is 0 Å². The minimum Gasteiger partial charge on any atom is -0.378 e. The first-order valence-electron chi connectivity index (χ1n) is 11.5. The van der Waals surface area contributed by atoms with E-state index < -0.39 is 0 Å². The van der Waals surface area contributed by atoms with Gasteiger partial charge < -0.3 is 15.0 Å². The lowest BCUT2D eigenvalue weighted by atomic mass is 9.48. The molecule has 7 rings (SSSR count). The highest BCUT2D eigenvalue weighted by Gasteiger charge is 2.53. The Labute approximate surface area is 173 Å². The van der Waals surface area contributed by atoms with Gasteiger partial charge in [0.05, 0.1) is 18.7 Å². The van der Waals surface area contributed by atoms with Gasteiger partial charge in [-0.25, -0.2) is 4.98 Å². The molecule has 5 aliphatic rings. The van der Waals surface area contributed by atoms with Crippen molar-refractivity contribution in [3.8, 4) is 0 Å². The van der Waals surface area contributed by atoms with Crippen LogP contribution in [0, 0.1) is 23.2 Å². The van der Waals surface area contributed by atoms with Gasteiger partial charge in [-0.2, -0.15) is 4.98 Å².